The van der Waals surface area contributed by atoms with E-state index in [1.165, 1.54) is 0 Å². The fourth-order valence-corrected chi connectivity index (χ4v) is 1.78. The molecule has 3 nitrogen and oxygen atoms in total. The molecule has 1 aromatic heterocycles. The molecule has 1 heterocycles. The largest absolute Gasteiger partial charge is 0.390 e. The van der Waals surface area contributed by atoms with Crippen molar-refractivity contribution in [3.05, 3.63) is 18.0 Å². The molecule has 18 heavy (non-hydrogen) atoms. The van der Waals surface area contributed by atoms with Crippen LogP contribution in [-0.2, 0) is 6.54 Å². The van der Waals surface area contributed by atoms with Crippen LogP contribution in [0.25, 0.3) is 0 Å². The van der Waals surface area contributed by atoms with Crippen LogP contribution < -0.4 is 5.32 Å². The van der Waals surface area contributed by atoms with E-state index in [0.29, 0.717) is 12.6 Å². The first-order valence-electron chi connectivity index (χ1n) is 6.27. The third-order valence-electron chi connectivity index (χ3n) is 2.87. The summed E-state index contributed by atoms with van der Waals surface area (Å²) >= 11 is 0. The van der Waals surface area contributed by atoms with Gasteiger partial charge in [-0.05, 0) is 18.9 Å². The maximum absolute atomic E-state index is 11.9. The van der Waals surface area contributed by atoms with Crippen LogP contribution >= 0.6 is 0 Å². The molecule has 0 amide bonds. The third-order valence-corrected chi connectivity index (χ3v) is 2.87. The Morgan fingerprint density at radius 1 is 1.33 bits per heavy atom. The van der Waals surface area contributed by atoms with Crippen LogP contribution in [0.15, 0.2) is 12.3 Å². The molecule has 0 aliphatic heterocycles. The van der Waals surface area contributed by atoms with Gasteiger partial charge >= 0.3 is 6.18 Å². The van der Waals surface area contributed by atoms with E-state index in [9.17, 15) is 13.2 Å². The second-order valence-electron chi connectivity index (χ2n) is 4.30. The van der Waals surface area contributed by atoms with E-state index in [1.54, 1.807) is 0 Å². The summed E-state index contributed by atoms with van der Waals surface area (Å²) in [5.74, 6) is 0. The van der Waals surface area contributed by atoms with Crippen molar-refractivity contribution in [3.63, 3.8) is 0 Å². The number of aromatic nitrogens is 2. The molecule has 1 aromatic rings. The van der Waals surface area contributed by atoms with Crippen LogP contribution in [0.1, 0.15) is 44.8 Å². The van der Waals surface area contributed by atoms with Crippen LogP contribution in [0.3, 0.4) is 0 Å². The summed E-state index contributed by atoms with van der Waals surface area (Å²) in [6.45, 7) is 4.50. The number of hydrogen-bond acceptors (Lipinski definition) is 2. The molecule has 0 aromatic carbocycles. The lowest BCUT2D eigenvalue weighted by Gasteiger charge is -2.12. The van der Waals surface area contributed by atoms with E-state index in [1.807, 2.05) is 16.9 Å². The van der Waals surface area contributed by atoms with Crippen molar-refractivity contribution in [2.24, 2.45) is 0 Å². The number of hydrogen-bond donors (Lipinski definition) is 1. The lowest BCUT2D eigenvalue weighted by Crippen LogP contribution is -2.21. The lowest BCUT2D eigenvalue weighted by molar-refractivity contribution is -0.133. The maximum Gasteiger partial charge on any atom is 0.390 e. The molecule has 1 rings (SSSR count). The van der Waals surface area contributed by atoms with E-state index in [-0.39, 0.29) is 6.54 Å². The van der Waals surface area contributed by atoms with Crippen LogP contribution in [0.2, 0.25) is 0 Å². The van der Waals surface area contributed by atoms with Gasteiger partial charge in [0.15, 0.2) is 0 Å². The van der Waals surface area contributed by atoms with Gasteiger partial charge in [-0.25, -0.2) is 0 Å². The van der Waals surface area contributed by atoms with Crippen LogP contribution in [0, 0.1) is 0 Å². The Morgan fingerprint density at radius 3 is 2.56 bits per heavy atom. The number of alkyl halides is 3. The maximum atomic E-state index is 11.9. The van der Waals surface area contributed by atoms with Gasteiger partial charge in [0, 0.05) is 19.3 Å². The first kappa shape index (κ1) is 15.0. The molecule has 6 heteroatoms. The van der Waals surface area contributed by atoms with Gasteiger partial charge in [-0.3, -0.25) is 4.68 Å². The Hall–Kier alpha value is -1.04. The molecule has 104 valence electrons. The zero-order valence-electron chi connectivity index (χ0n) is 10.8. The highest BCUT2D eigenvalue weighted by Crippen LogP contribution is 2.18. The molecule has 0 saturated carbocycles. The Morgan fingerprint density at radius 2 is 2.00 bits per heavy atom. The van der Waals surface area contributed by atoms with Gasteiger partial charge in [-0.2, -0.15) is 18.3 Å². The minimum absolute atomic E-state index is 0.0681. The summed E-state index contributed by atoms with van der Waals surface area (Å²) in [5.41, 5.74) is 0.782. The fraction of sp³-hybridized carbons (Fsp3) is 0.750. The molecule has 0 aliphatic carbocycles. The van der Waals surface area contributed by atoms with Crippen molar-refractivity contribution < 1.29 is 13.2 Å². The van der Waals surface area contributed by atoms with Crippen molar-refractivity contribution in [1.82, 2.24) is 15.1 Å². The van der Waals surface area contributed by atoms with Crippen LogP contribution in [0.5, 0.6) is 0 Å². The first-order chi connectivity index (χ1) is 8.46. The zero-order chi connectivity index (χ0) is 13.6. The predicted octanol–water partition coefficient (Wildman–Crippen LogP) is 3.29. The zero-order valence-corrected chi connectivity index (χ0v) is 10.8. The number of nitrogens with zero attached hydrogens (tertiary/aromatic N) is 2. The quantitative estimate of drug-likeness (QED) is 0.765. The molecule has 0 aliphatic rings. The standard InChI is InChI=1S/C12H20F3N3/c1-3-11(4-2)18-8-5-10(17-18)9-16-7-6-12(13,14)15/h5,8,11,16H,3-4,6-7,9H2,1-2H3. The summed E-state index contributed by atoms with van der Waals surface area (Å²) < 4.78 is 37.7. The molecular weight excluding hydrogens is 243 g/mol. The molecule has 0 unspecified atom stereocenters. The van der Waals surface area contributed by atoms with Crippen LogP contribution in [0.4, 0.5) is 13.2 Å². The molecular formula is C12H20F3N3. The molecule has 0 radical (unpaired) electrons. The van der Waals surface area contributed by atoms with E-state index < -0.39 is 12.6 Å². The monoisotopic (exact) mass is 263 g/mol. The molecule has 0 spiro atoms. The van der Waals surface area contributed by atoms with Crippen molar-refractivity contribution in [1.29, 1.82) is 0 Å². The summed E-state index contributed by atoms with van der Waals surface area (Å²) in [6, 6.07) is 2.22. The van der Waals surface area contributed by atoms with Crippen molar-refractivity contribution >= 4 is 0 Å². The average Bonchev–Trinajstić information content (AvgIpc) is 2.74. The van der Waals surface area contributed by atoms with Gasteiger partial charge in [0.05, 0.1) is 18.2 Å². The molecule has 0 saturated heterocycles. The smallest absolute Gasteiger partial charge is 0.311 e. The Balaban J connectivity index is 2.35. The van der Waals surface area contributed by atoms with E-state index >= 15 is 0 Å². The van der Waals surface area contributed by atoms with Crippen molar-refractivity contribution in [2.45, 2.75) is 51.9 Å². The van der Waals surface area contributed by atoms with Crippen molar-refractivity contribution in [3.8, 4) is 0 Å². The van der Waals surface area contributed by atoms with Gasteiger partial charge in [0.1, 0.15) is 0 Å². The summed E-state index contributed by atoms with van der Waals surface area (Å²) in [4.78, 5) is 0. The molecule has 0 bridgehead atoms. The molecule has 0 fully saturated rings. The molecule has 0 atom stereocenters. The van der Waals surface area contributed by atoms with E-state index in [0.717, 1.165) is 18.5 Å². The van der Waals surface area contributed by atoms with E-state index in [4.69, 9.17) is 0 Å². The van der Waals surface area contributed by atoms with Crippen LogP contribution in [-0.4, -0.2) is 22.5 Å². The number of nitrogens with one attached hydrogen (secondary N) is 1. The summed E-state index contributed by atoms with van der Waals surface area (Å²) in [7, 11) is 0. The Bertz CT molecular complexity index is 343. The Kier molecular flexibility index (Phi) is 5.65. The highest BCUT2D eigenvalue weighted by atomic mass is 19.4. The summed E-state index contributed by atoms with van der Waals surface area (Å²) in [5, 5.41) is 7.11. The normalized spacial score (nSPS) is 12.3. The topological polar surface area (TPSA) is 29.9 Å². The lowest BCUT2D eigenvalue weighted by atomic mass is 10.2. The minimum Gasteiger partial charge on any atom is -0.311 e. The second kappa shape index (κ2) is 6.78. The Labute approximate surface area is 105 Å². The van der Waals surface area contributed by atoms with Gasteiger partial charge in [-0.15, -0.1) is 0 Å². The van der Waals surface area contributed by atoms with Gasteiger partial charge < -0.3 is 5.32 Å². The first-order valence-corrected chi connectivity index (χ1v) is 6.27. The SMILES string of the molecule is CCC(CC)n1ccc(CNCCC(F)(F)F)n1. The third kappa shape index (κ3) is 5.08. The average molecular weight is 263 g/mol. The second-order valence-corrected chi connectivity index (χ2v) is 4.30. The minimum atomic E-state index is -4.10. The van der Waals surface area contributed by atoms with E-state index in [2.05, 4.69) is 24.3 Å². The number of halogens is 3. The molecule has 1 N–H and O–H groups in total. The van der Waals surface area contributed by atoms with Gasteiger partial charge in [0.25, 0.3) is 0 Å². The highest BCUT2D eigenvalue weighted by Gasteiger charge is 2.25. The number of rotatable bonds is 7. The summed E-state index contributed by atoms with van der Waals surface area (Å²) in [6.07, 6.45) is -1.02. The van der Waals surface area contributed by atoms with Gasteiger partial charge in [0.2, 0.25) is 0 Å². The van der Waals surface area contributed by atoms with Crippen molar-refractivity contribution in [2.75, 3.05) is 6.54 Å². The van der Waals surface area contributed by atoms with Gasteiger partial charge in [-0.1, -0.05) is 13.8 Å². The predicted molar refractivity (Wildman–Crippen MR) is 64.2 cm³/mol. The highest BCUT2D eigenvalue weighted by molar-refractivity contribution is 4.99. The fourth-order valence-electron chi connectivity index (χ4n) is 1.78.